The molecule has 21 heteroatoms. The van der Waals surface area contributed by atoms with E-state index in [2.05, 4.69) is 4.98 Å². The Kier molecular flexibility index (Phi) is 9.24. The molecular weight excluding hydrogens is 876 g/mol. The van der Waals surface area contributed by atoms with E-state index in [9.17, 15) is 79.0 Å². The normalized spacial score (nSPS) is 13.6. The molecule has 0 spiro atoms. The van der Waals surface area contributed by atoms with Crippen molar-refractivity contribution in [2.45, 2.75) is 37.1 Å². The molecule has 8 aromatic rings. The van der Waals surface area contributed by atoms with Crippen LogP contribution in [0.1, 0.15) is 33.4 Å². The van der Waals surface area contributed by atoms with E-state index in [0.717, 1.165) is 24.3 Å². The zero-order chi connectivity index (χ0) is 45.3. The number of aromatic nitrogens is 3. The molecule has 62 heavy (non-hydrogen) atoms. The summed E-state index contributed by atoms with van der Waals surface area (Å²) in [4.78, 5) is 4.14. The second-order valence-corrected chi connectivity index (χ2v) is 13.9. The molecule has 8 rings (SSSR count). The largest absolute Gasteiger partial charge is 0.416 e. The zero-order valence-corrected chi connectivity index (χ0v) is 30.0. The summed E-state index contributed by atoms with van der Waals surface area (Å²) in [7, 11) is 0. The highest BCUT2D eigenvalue weighted by atomic mass is 19.4. The van der Waals surface area contributed by atoms with Crippen LogP contribution in [0.15, 0.2) is 103 Å². The van der Waals surface area contributed by atoms with Gasteiger partial charge in [0.1, 0.15) is 5.82 Å². The first-order valence-corrected chi connectivity index (χ1v) is 17.3. The molecule has 0 saturated heterocycles. The number of rotatable bonds is 3. The van der Waals surface area contributed by atoms with Gasteiger partial charge in [-0.1, -0.05) is 24.3 Å². The van der Waals surface area contributed by atoms with Gasteiger partial charge in [0.2, 0.25) is 0 Å². The van der Waals surface area contributed by atoms with Gasteiger partial charge in [-0.05, 0) is 78.4 Å². The Morgan fingerprint density at radius 2 is 0.629 bits per heavy atom. The van der Waals surface area contributed by atoms with Gasteiger partial charge in [-0.25, -0.2) is 4.98 Å². The van der Waals surface area contributed by atoms with Crippen LogP contribution in [0, 0.1) is 0 Å². The zero-order valence-electron chi connectivity index (χ0n) is 30.0. The van der Waals surface area contributed by atoms with Gasteiger partial charge in [0, 0.05) is 27.1 Å². The van der Waals surface area contributed by atoms with E-state index in [4.69, 9.17) is 0 Å². The summed E-state index contributed by atoms with van der Waals surface area (Å²) in [6.07, 6.45) is -30.8. The van der Waals surface area contributed by atoms with E-state index in [-0.39, 0.29) is 39.7 Å². The van der Waals surface area contributed by atoms with Crippen LogP contribution < -0.4 is 0 Å². The number of pyridine rings is 1. The second kappa shape index (κ2) is 13.5. The Morgan fingerprint density at radius 1 is 0.323 bits per heavy atom. The third-order valence-electron chi connectivity index (χ3n) is 10.1. The molecule has 0 aliphatic rings. The topological polar surface area (TPSA) is 22.8 Å². The number of nitrogens with zero attached hydrogens (tertiary/aromatic N) is 3. The maximum Gasteiger partial charge on any atom is 0.416 e. The number of alkyl halides is 18. The SMILES string of the molecule is FC(F)(F)c1cc(-c2cc(-n3c4cc(C(F)(F)F)ccc4c4ccc(C(F)(F)F)cc43)ncc2-n2c3cc(C(F)(F)F)ccc3c3ccc(C(F)(F)F)cc32)cc(C(F)(F)F)c1. The maximum atomic E-state index is 14.3. The van der Waals surface area contributed by atoms with Crippen molar-refractivity contribution in [2.75, 3.05) is 0 Å². The van der Waals surface area contributed by atoms with Gasteiger partial charge in [0.05, 0.1) is 67.3 Å². The summed E-state index contributed by atoms with van der Waals surface area (Å²) < 4.78 is 256. The molecule has 3 heterocycles. The summed E-state index contributed by atoms with van der Waals surface area (Å²) in [5, 5.41) is -0.624. The van der Waals surface area contributed by atoms with E-state index in [1.807, 2.05) is 0 Å². The van der Waals surface area contributed by atoms with Crippen LogP contribution in [0.4, 0.5) is 79.0 Å². The lowest BCUT2D eigenvalue weighted by atomic mass is 9.98. The molecular formula is C41H17F18N3. The predicted octanol–water partition coefficient (Wildman–Crippen LogP) is 15.1. The molecule has 0 unspecified atom stereocenters. The van der Waals surface area contributed by atoms with Crippen LogP contribution in [0.5, 0.6) is 0 Å². The summed E-state index contributed by atoms with van der Waals surface area (Å²) in [6.45, 7) is 0. The number of hydrogen-bond acceptors (Lipinski definition) is 1. The fraction of sp³-hybridized carbons (Fsp3) is 0.146. The highest BCUT2D eigenvalue weighted by molar-refractivity contribution is 6.11. The minimum absolute atomic E-state index is 0.130. The minimum atomic E-state index is -5.52. The molecule has 5 aromatic carbocycles. The van der Waals surface area contributed by atoms with E-state index in [0.29, 0.717) is 69.9 Å². The summed E-state index contributed by atoms with van der Waals surface area (Å²) in [5.41, 5.74) is -14.1. The average Bonchev–Trinajstić information content (AvgIpc) is 3.66. The fourth-order valence-corrected chi connectivity index (χ4v) is 7.33. The molecule has 3 aromatic heterocycles. The van der Waals surface area contributed by atoms with Crippen molar-refractivity contribution in [1.29, 1.82) is 0 Å². The van der Waals surface area contributed by atoms with E-state index < -0.39 is 115 Å². The second-order valence-electron chi connectivity index (χ2n) is 13.9. The van der Waals surface area contributed by atoms with Crippen molar-refractivity contribution < 1.29 is 79.0 Å². The van der Waals surface area contributed by atoms with Gasteiger partial charge >= 0.3 is 37.1 Å². The highest BCUT2D eigenvalue weighted by Crippen LogP contribution is 2.46. The van der Waals surface area contributed by atoms with E-state index in [1.165, 1.54) is 0 Å². The third-order valence-corrected chi connectivity index (χ3v) is 10.1. The summed E-state index contributed by atoms with van der Waals surface area (Å²) in [5.74, 6) is -0.735. The van der Waals surface area contributed by atoms with Crippen molar-refractivity contribution in [3.8, 4) is 22.6 Å². The van der Waals surface area contributed by atoms with Gasteiger partial charge in [-0.2, -0.15) is 79.0 Å². The molecule has 0 fully saturated rings. The van der Waals surface area contributed by atoms with Crippen LogP contribution >= 0.6 is 0 Å². The number of benzene rings is 5. The fourth-order valence-electron chi connectivity index (χ4n) is 7.33. The molecule has 0 radical (unpaired) electrons. The van der Waals surface area contributed by atoms with Crippen LogP contribution in [-0.4, -0.2) is 14.1 Å². The Morgan fingerprint density at radius 3 is 0.935 bits per heavy atom. The molecule has 0 atom stereocenters. The van der Waals surface area contributed by atoms with Gasteiger partial charge < -0.3 is 4.57 Å². The van der Waals surface area contributed by atoms with E-state index in [1.54, 1.807) is 0 Å². The van der Waals surface area contributed by atoms with Crippen LogP contribution in [0.25, 0.3) is 66.2 Å². The standard InChI is InChI=1S/C41H17F18N3/c42-36(43,44)19-1-5-25-26-6-2-20(37(45,46)47)13-31(26)61(30(25)12-19)34-17-60-35(16-29(34)18-9-23(40(54,55)56)11-24(10-18)41(57,58)59)62-32-14-21(38(48,49)50)3-7-27(32)28-8-4-22(15-33(28)62)39(51,52)53/h1-17H. The molecule has 0 aliphatic carbocycles. The quantitative estimate of drug-likeness (QED) is 0.162. The first-order chi connectivity index (χ1) is 28.5. The van der Waals surface area contributed by atoms with Crippen molar-refractivity contribution in [1.82, 2.24) is 14.1 Å². The molecule has 0 amide bonds. The predicted molar refractivity (Wildman–Crippen MR) is 188 cm³/mol. The van der Waals surface area contributed by atoms with Crippen LogP contribution in [-0.2, 0) is 37.1 Å². The lowest BCUT2D eigenvalue weighted by Gasteiger charge is -2.19. The lowest BCUT2D eigenvalue weighted by molar-refractivity contribution is -0.143. The number of fused-ring (bicyclic) bond motifs is 6. The molecule has 0 saturated carbocycles. The van der Waals surface area contributed by atoms with Crippen molar-refractivity contribution in [2.24, 2.45) is 0 Å². The van der Waals surface area contributed by atoms with Crippen molar-refractivity contribution >= 4 is 43.6 Å². The average molecular weight is 894 g/mol. The summed E-state index contributed by atoms with van der Waals surface area (Å²) >= 11 is 0. The Balaban J connectivity index is 1.57. The molecule has 3 nitrogen and oxygen atoms in total. The lowest BCUT2D eigenvalue weighted by Crippen LogP contribution is -2.12. The van der Waals surface area contributed by atoms with Gasteiger partial charge in [-0.3, -0.25) is 4.57 Å². The molecule has 0 bridgehead atoms. The van der Waals surface area contributed by atoms with Gasteiger partial charge in [0.15, 0.2) is 0 Å². The minimum Gasteiger partial charge on any atom is -0.307 e. The van der Waals surface area contributed by atoms with Crippen LogP contribution in [0.3, 0.4) is 0 Å². The Hall–Kier alpha value is -6.41. The maximum absolute atomic E-state index is 14.3. The molecule has 322 valence electrons. The van der Waals surface area contributed by atoms with Gasteiger partial charge in [0.25, 0.3) is 0 Å². The number of hydrogen-bond donors (Lipinski definition) is 0. The molecule has 0 N–H and O–H groups in total. The van der Waals surface area contributed by atoms with Crippen molar-refractivity contribution in [3.63, 3.8) is 0 Å². The van der Waals surface area contributed by atoms with E-state index >= 15 is 0 Å². The first-order valence-electron chi connectivity index (χ1n) is 17.3. The third kappa shape index (κ3) is 7.29. The number of halogens is 18. The highest BCUT2D eigenvalue weighted by Gasteiger charge is 2.39. The monoisotopic (exact) mass is 893 g/mol. The smallest absolute Gasteiger partial charge is 0.307 e. The van der Waals surface area contributed by atoms with Crippen molar-refractivity contribution in [3.05, 3.63) is 137 Å². The molecule has 0 aliphatic heterocycles. The van der Waals surface area contributed by atoms with Crippen LogP contribution in [0.2, 0.25) is 0 Å². The Bertz CT molecular complexity index is 2920. The first kappa shape index (κ1) is 42.3. The van der Waals surface area contributed by atoms with Gasteiger partial charge in [-0.15, -0.1) is 0 Å². The Labute approximate surface area is 333 Å². The summed E-state index contributed by atoms with van der Waals surface area (Å²) in [6, 6.07) is 8.49.